The van der Waals surface area contributed by atoms with E-state index in [1.165, 1.54) is 0 Å². The normalized spacial score (nSPS) is 26.4. The molecule has 1 N–H and O–H groups in total. The van der Waals surface area contributed by atoms with E-state index in [-0.39, 0.29) is 6.10 Å². The molecule has 1 nitrogen and oxygen atoms in total. The van der Waals surface area contributed by atoms with Crippen molar-refractivity contribution < 1.29 is 5.11 Å². The average molecular weight is 212 g/mol. The molecule has 90 valence electrons. The maximum atomic E-state index is 10.2. The van der Waals surface area contributed by atoms with Gasteiger partial charge in [-0.1, -0.05) is 48.5 Å². The molecule has 0 amide bonds. The van der Waals surface area contributed by atoms with Crippen molar-refractivity contribution in [2.24, 2.45) is 22.2 Å². The van der Waals surface area contributed by atoms with Crippen LogP contribution in [0.15, 0.2) is 0 Å². The van der Waals surface area contributed by atoms with Crippen molar-refractivity contribution >= 4 is 0 Å². The van der Waals surface area contributed by atoms with E-state index in [1.807, 2.05) is 0 Å². The summed E-state index contributed by atoms with van der Waals surface area (Å²) >= 11 is 0. The number of hydrogen-bond acceptors (Lipinski definition) is 1. The Morgan fingerprint density at radius 2 is 1.47 bits per heavy atom. The monoisotopic (exact) mass is 212 g/mol. The lowest BCUT2D eigenvalue weighted by Gasteiger charge is -2.21. The van der Waals surface area contributed by atoms with Gasteiger partial charge in [0.1, 0.15) is 0 Å². The highest BCUT2D eigenvalue weighted by atomic mass is 16.3. The fraction of sp³-hybridized carbons (Fsp3) is 1.00. The summed E-state index contributed by atoms with van der Waals surface area (Å²) in [5, 5.41) is 10.2. The first-order valence-corrected chi connectivity index (χ1v) is 6.18. The quantitative estimate of drug-likeness (QED) is 0.753. The van der Waals surface area contributed by atoms with Gasteiger partial charge in [-0.25, -0.2) is 0 Å². The van der Waals surface area contributed by atoms with E-state index in [9.17, 15) is 5.11 Å². The highest BCUT2D eigenvalue weighted by Crippen LogP contribution is 2.70. The zero-order valence-corrected chi connectivity index (χ0v) is 11.5. The van der Waals surface area contributed by atoms with Crippen LogP contribution in [0, 0.1) is 22.2 Å². The summed E-state index contributed by atoms with van der Waals surface area (Å²) in [4.78, 5) is 0. The lowest BCUT2D eigenvalue weighted by atomic mass is 9.87. The van der Waals surface area contributed by atoms with E-state index in [0.717, 1.165) is 12.8 Å². The fourth-order valence-electron chi connectivity index (χ4n) is 2.96. The minimum Gasteiger partial charge on any atom is -0.393 e. The summed E-state index contributed by atoms with van der Waals surface area (Å²) in [5.74, 6) is 0.479. The van der Waals surface area contributed by atoms with Gasteiger partial charge in [0, 0.05) is 0 Å². The van der Waals surface area contributed by atoms with Crippen LogP contribution in [-0.2, 0) is 0 Å². The van der Waals surface area contributed by atoms with Crippen LogP contribution in [0.3, 0.4) is 0 Å². The molecule has 0 aromatic carbocycles. The average Bonchev–Trinajstić information content (AvgIpc) is 2.37. The molecule has 1 atom stereocenters. The summed E-state index contributed by atoms with van der Waals surface area (Å²) < 4.78 is 0. The molecule has 15 heavy (non-hydrogen) atoms. The van der Waals surface area contributed by atoms with Crippen LogP contribution in [0.4, 0.5) is 0 Å². The smallest absolute Gasteiger partial charge is 0.0579 e. The Morgan fingerprint density at radius 1 is 1.07 bits per heavy atom. The second-order valence-corrected chi connectivity index (χ2v) is 7.59. The fourth-order valence-corrected chi connectivity index (χ4v) is 2.96. The second-order valence-electron chi connectivity index (χ2n) is 7.59. The second kappa shape index (κ2) is 3.48. The van der Waals surface area contributed by atoms with E-state index in [0.29, 0.717) is 22.2 Å². The number of rotatable bonds is 3. The largest absolute Gasteiger partial charge is 0.393 e. The minimum atomic E-state index is -0.116. The number of hydrogen-bond donors (Lipinski definition) is 1. The maximum absolute atomic E-state index is 10.2. The van der Waals surface area contributed by atoms with Gasteiger partial charge in [-0.15, -0.1) is 0 Å². The molecule has 1 aliphatic carbocycles. The summed E-state index contributed by atoms with van der Waals surface area (Å²) in [5.41, 5.74) is 0.957. The third-order valence-corrected chi connectivity index (χ3v) is 4.71. The summed E-state index contributed by atoms with van der Waals surface area (Å²) in [6, 6.07) is 0. The van der Waals surface area contributed by atoms with Crippen molar-refractivity contribution in [3.05, 3.63) is 0 Å². The Bertz CT molecular complexity index is 218. The van der Waals surface area contributed by atoms with Crippen LogP contribution >= 0.6 is 0 Å². The molecular formula is C14H28O. The third-order valence-electron chi connectivity index (χ3n) is 4.71. The lowest BCUT2D eigenvalue weighted by molar-refractivity contribution is 0.105. The Balaban J connectivity index is 2.48. The summed E-state index contributed by atoms with van der Waals surface area (Å²) in [6.45, 7) is 15.8. The van der Waals surface area contributed by atoms with E-state index in [2.05, 4.69) is 48.5 Å². The van der Waals surface area contributed by atoms with Crippen molar-refractivity contribution in [2.75, 3.05) is 0 Å². The molecule has 1 fully saturated rings. The molecule has 0 spiro atoms. The highest BCUT2D eigenvalue weighted by molar-refractivity contribution is 5.14. The molecule has 1 saturated carbocycles. The first-order valence-electron chi connectivity index (χ1n) is 6.18. The van der Waals surface area contributed by atoms with Gasteiger partial charge in [0.2, 0.25) is 0 Å². The summed E-state index contributed by atoms with van der Waals surface area (Å²) in [7, 11) is 0. The summed E-state index contributed by atoms with van der Waals surface area (Å²) in [6.07, 6.45) is 1.94. The molecule has 0 aliphatic heterocycles. The van der Waals surface area contributed by atoms with Crippen LogP contribution < -0.4 is 0 Å². The van der Waals surface area contributed by atoms with Crippen molar-refractivity contribution in [2.45, 2.75) is 67.4 Å². The highest BCUT2D eigenvalue weighted by Gasteiger charge is 2.66. The van der Waals surface area contributed by atoms with Gasteiger partial charge in [0.25, 0.3) is 0 Å². The third kappa shape index (κ3) is 2.38. The first-order chi connectivity index (χ1) is 6.50. The molecule has 0 aromatic rings. The molecule has 1 heteroatoms. The molecule has 1 unspecified atom stereocenters. The predicted octanol–water partition coefficient (Wildman–Crippen LogP) is 3.86. The van der Waals surface area contributed by atoms with Gasteiger partial charge >= 0.3 is 0 Å². The molecule has 0 bridgehead atoms. The Labute approximate surface area is 95.3 Å². The topological polar surface area (TPSA) is 20.2 Å². The molecule has 1 aliphatic rings. The van der Waals surface area contributed by atoms with Crippen molar-refractivity contribution in [1.82, 2.24) is 0 Å². The first kappa shape index (κ1) is 13.0. The van der Waals surface area contributed by atoms with Gasteiger partial charge in [-0.3, -0.25) is 0 Å². The van der Waals surface area contributed by atoms with Gasteiger partial charge in [-0.2, -0.15) is 0 Å². The molecule has 0 aromatic heterocycles. The van der Waals surface area contributed by atoms with Crippen molar-refractivity contribution in [1.29, 1.82) is 0 Å². The lowest BCUT2D eigenvalue weighted by Crippen LogP contribution is -2.17. The molecule has 0 radical (unpaired) electrons. The number of aliphatic hydroxyl groups is 1. The SMILES string of the molecule is CC(C)(C)CCC(O)C1C(C)(C)C1(C)C. The van der Waals surface area contributed by atoms with Crippen LogP contribution in [0.25, 0.3) is 0 Å². The van der Waals surface area contributed by atoms with Crippen LogP contribution in [0.2, 0.25) is 0 Å². The molecular weight excluding hydrogens is 184 g/mol. The standard InChI is InChI=1S/C14H28O/c1-12(2,3)9-8-10(15)11-13(4,5)14(11,6)7/h10-11,15H,8-9H2,1-7H3. The van der Waals surface area contributed by atoms with Gasteiger partial charge in [0.05, 0.1) is 6.10 Å². The molecule has 0 heterocycles. The van der Waals surface area contributed by atoms with E-state index >= 15 is 0 Å². The van der Waals surface area contributed by atoms with Crippen LogP contribution in [-0.4, -0.2) is 11.2 Å². The Morgan fingerprint density at radius 3 is 1.73 bits per heavy atom. The van der Waals surface area contributed by atoms with Crippen molar-refractivity contribution in [3.8, 4) is 0 Å². The van der Waals surface area contributed by atoms with Crippen molar-refractivity contribution in [3.63, 3.8) is 0 Å². The van der Waals surface area contributed by atoms with E-state index < -0.39 is 0 Å². The zero-order chi connectivity index (χ0) is 12.1. The van der Waals surface area contributed by atoms with Crippen LogP contribution in [0.5, 0.6) is 0 Å². The zero-order valence-electron chi connectivity index (χ0n) is 11.5. The van der Waals surface area contributed by atoms with E-state index in [4.69, 9.17) is 0 Å². The van der Waals surface area contributed by atoms with Crippen LogP contribution in [0.1, 0.15) is 61.3 Å². The maximum Gasteiger partial charge on any atom is 0.0579 e. The Kier molecular flexibility index (Phi) is 3.02. The van der Waals surface area contributed by atoms with Gasteiger partial charge in [0.15, 0.2) is 0 Å². The Hall–Kier alpha value is -0.0400. The minimum absolute atomic E-state index is 0.116. The van der Waals surface area contributed by atoms with Gasteiger partial charge < -0.3 is 5.11 Å². The molecule has 0 saturated heterocycles. The number of aliphatic hydroxyl groups excluding tert-OH is 1. The predicted molar refractivity (Wildman–Crippen MR) is 65.7 cm³/mol. The molecule has 1 rings (SSSR count). The van der Waals surface area contributed by atoms with E-state index in [1.54, 1.807) is 0 Å². The van der Waals surface area contributed by atoms with Gasteiger partial charge in [-0.05, 0) is 35.0 Å².